The van der Waals surface area contributed by atoms with Crippen molar-refractivity contribution >= 4 is 0 Å². The molecular weight excluding hydrogens is 230 g/mol. The van der Waals surface area contributed by atoms with Crippen LogP contribution in [-0.4, -0.2) is 31.5 Å². The number of aliphatic hydroxyl groups excluding tert-OH is 1. The molecule has 0 spiro atoms. The van der Waals surface area contributed by atoms with Crippen LogP contribution in [0.5, 0.6) is 11.5 Å². The molecule has 0 saturated carbocycles. The third-order valence-electron chi connectivity index (χ3n) is 2.83. The van der Waals surface area contributed by atoms with Gasteiger partial charge < -0.3 is 19.9 Å². The van der Waals surface area contributed by atoms with Crippen molar-refractivity contribution in [2.24, 2.45) is 0 Å². The zero-order chi connectivity index (χ0) is 13.5. The minimum Gasteiger partial charge on any atom is -0.497 e. The second-order valence-corrected chi connectivity index (χ2v) is 4.54. The molecule has 0 saturated heterocycles. The number of hydrogen-bond acceptors (Lipinski definition) is 4. The summed E-state index contributed by atoms with van der Waals surface area (Å²) in [5, 5.41) is 12.7. The van der Waals surface area contributed by atoms with Crippen molar-refractivity contribution in [2.45, 2.75) is 39.0 Å². The molecule has 0 aliphatic rings. The number of benzene rings is 1. The quantitative estimate of drug-likeness (QED) is 0.780. The van der Waals surface area contributed by atoms with Crippen LogP contribution in [0.15, 0.2) is 18.2 Å². The Morgan fingerprint density at radius 3 is 2.50 bits per heavy atom. The smallest absolute Gasteiger partial charge is 0.127 e. The lowest BCUT2D eigenvalue weighted by Gasteiger charge is -2.17. The Bertz CT molecular complexity index is 366. The molecule has 0 aliphatic carbocycles. The summed E-state index contributed by atoms with van der Waals surface area (Å²) in [6.45, 7) is 4.57. The lowest BCUT2D eigenvalue weighted by molar-refractivity contribution is 0.170. The van der Waals surface area contributed by atoms with Gasteiger partial charge in [-0.05, 0) is 26.3 Å². The van der Waals surface area contributed by atoms with Crippen LogP contribution in [-0.2, 0) is 6.54 Å². The van der Waals surface area contributed by atoms with E-state index in [1.807, 2.05) is 18.2 Å². The molecule has 0 aromatic heterocycles. The van der Waals surface area contributed by atoms with E-state index in [9.17, 15) is 5.11 Å². The van der Waals surface area contributed by atoms with Crippen molar-refractivity contribution in [3.63, 3.8) is 0 Å². The van der Waals surface area contributed by atoms with E-state index < -0.39 is 0 Å². The monoisotopic (exact) mass is 253 g/mol. The van der Waals surface area contributed by atoms with Crippen LogP contribution >= 0.6 is 0 Å². The summed E-state index contributed by atoms with van der Waals surface area (Å²) in [5.41, 5.74) is 1.08. The first-order valence-electron chi connectivity index (χ1n) is 6.19. The molecule has 2 unspecified atom stereocenters. The first kappa shape index (κ1) is 14.8. The molecule has 1 rings (SSSR count). The van der Waals surface area contributed by atoms with Gasteiger partial charge in [-0.2, -0.15) is 0 Å². The minimum atomic E-state index is -0.287. The van der Waals surface area contributed by atoms with Gasteiger partial charge in [-0.15, -0.1) is 0 Å². The highest BCUT2D eigenvalue weighted by Gasteiger charge is 2.08. The fraction of sp³-hybridized carbons (Fsp3) is 0.571. The molecule has 0 bridgehead atoms. The number of ether oxygens (including phenoxy) is 2. The summed E-state index contributed by atoms with van der Waals surface area (Å²) in [7, 11) is 3.29. The molecule has 0 aliphatic heterocycles. The van der Waals surface area contributed by atoms with Gasteiger partial charge in [0.1, 0.15) is 11.5 Å². The Morgan fingerprint density at radius 1 is 1.22 bits per heavy atom. The van der Waals surface area contributed by atoms with Crippen molar-refractivity contribution < 1.29 is 14.6 Å². The molecule has 2 N–H and O–H groups in total. The van der Waals surface area contributed by atoms with Crippen molar-refractivity contribution in [3.05, 3.63) is 23.8 Å². The van der Waals surface area contributed by atoms with Gasteiger partial charge in [0.2, 0.25) is 0 Å². The van der Waals surface area contributed by atoms with Crippen LogP contribution < -0.4 is 14.8 Å². The second kappa shape index (κ2) is 7.24. The third kappa shape index (κ3) is 4.55. The van der Waals surface area contributed by atoms with Gasteiger partial charge in [0.25, 0.3) is 0 Å². The van der Waals surface area contributed by atoms with Crippen LogP contribution in [0.25, 0.3) is 0 Å². The molecule has 102 valence electrons. The summed E-state index contributed by atoms with van der Waals surface area (Å²) in [6, 6.07) is 6.03. The summed E-state index contributed by atoms with van der Waals surface area (Å²) >= 11 is 0. The average Bonchev–Trinajstić information content (AvgIpc) is 2.35. The van der Waals surface area contributed by atoms with Crippen LogP contribution in [0.1, 0.15) is 25.8 Å². The van der Waals surface area contributed by atoms with E-state index in [0.717, 1.165) is 23.5 Å². The molecule has 0 radical (unpaired) electrons. The second-order valence-electron chi connectivity index (χ2n) is 4.54. The Balaban J connectivity index is 2.61. The van der Waals surface area contributed by atoms with Crippen LogP contribution in [0, 0.1) is 0 Å². The van der Waals surface area contributed by atoms with Crippen LogP contribution in [0.4, 0.5) is 0 Å². The normalized spacial score (nSPS) is 14.1. The van der Waals surface area contributed by atoms with Crippen LogP contribution in [0.3, 0.4) is 0 Å². The Hall–Kier alpha value is -1.26. The minimum absolute atomic E-state index is 0.261. The number of methoxy groups -OCH3 is 2. The lowest BCUT2D eigenvalue weighted by atomic mass is 10.1. The number of rotatable bonds is 7. The molecular formula is C14H23NO3. The lowest BCUT2D eigenvalue weighted by Crippen LogP contribution is -2.28. The SMILES string of the molecule is COc1ccc(CNC(C)CC(C)O)c(OC)c1. The Labute approximate surface area is 109 Å². The van der Waals surface area contributed by atoms with E-state index in [2.05, 4.69) is 12.2 Å². The highest BCUT2D eigenvalue weighted by atomic mass is 16.5. The van der Waals surface area contributed by atoms with Crippen molar-refractivity contribution in [2.75, 3.05) is 14.2 Å². The van der Waals surface area contributed by atoms with Crippen molar-refractivity contribution in [1.29, 1.82) is 0 Å². The van der Waals surface area contributed by atoms with Gasteiger partial charge in [0.05, 0.1) is 20.3 Å². The van der Waals surface area contributed by atoms with Crippen molar-refractivity contribution in [1.82, 2.24) is 5.32 Å². The van der Waals surface area contributed by atoms with E-state index >= 15 is 0 Å². The van der Waals surface area contributed by atoms with Gasteiger partial charge in [-0.25, -0.2) is 0 Å². The average molecular weight is 253 g/mol. The molecule has 4 nitrogen and oxygen atoms in total. The first-order chi connectivity index (χ1) is 8.56. The molecule has 0 heterocycles. The molecule has 1 aromatic rings. The van der Waals surface area contributed by atoms with E-state index in [4.69, 9.17) is 9.47 Å². The van der Waals surface area contributed by atoms with Crippen molar-refractivity contribution in [3.8, 4) is 11.5 Å². The van der Waals surface area contributed by atoms with Gasteiger partial charge in [-0.3, -0.25) is 0 Å². The van der Waals surface area contributed by atoms with Gasteiger partial charge in [-0.1, -0.05) is 6.07 Å². The summed E-state index contributed by atoms with van der Waals surface area (Å²) in [4.78, 5) is 0. The molecule has 0 amide bonds. The number of aliphatic hydroxyl groups is 1. The Kier molecular flexibility index (Phi) is 5.95. The summed E-state index contributed by atoms with van der Waals surface area (Å²) < 4.78 is 10.5. The van der Waals surface area contributed by atoms with Gasteiger partial charge in [0.15, 0.2) is 0 Å². The van der Waals surface area contributed by atoms with E-state index in [-0.39, 0.29) is 12.1 Å². The number of nitrogens with one attached hydrogen (secondary N) is 1. The molecule has 0 fully saturated rings. The van der Waals surface area contributed by atoms with E-state index in [1.54, 1.807) is 21.1 Å². The number of hydrogen-bond donors (Lipinski definition) is 2. The molecule has 1 aromatic carbocycles. The van der Waals surface area contributed by atoms with E-state index in [0.29, 0.717) is 6.54 Å². The van der Waals surface area contributed by atoms with Gasteiger partial charge >= 0.3 is 0 Å². The maximum atomic E-state index is 9.31. The topological polar surface area (TPSA) is 50.7 Å². The molecule has 18 heavy (non-hydrogen) atoms. The maximum Gasteiger partial charge on any atom is 0.127 e. The first-order valence-corrected chi connectivity index (χ1v) is 6.19. The fourth-order valence-electron chi connectivity index (χ4n) is 1.88. The zero-order valence-electron chi connectivity index (χ0n) is 11.6. The highest BCUT2D eigenvalue weighted by Crippen LogP contribution is 2.24. The zero-order valence-corrected chi connectivity index (χ0v) is 11.6. The maximum absolute atomic E-state index is 9.31. The molecule has 4 heteroatoms. The predicted molar refractivity (Wildman–Crippen MR) is 72.1 cm³/mol. The predicted octanol–water partition coefficient (Wildman–Crippen LogP) is 1.95. The fourth-order valence-corrected chi connectivity index (χ4v) is 1.88. The third-order valence-corrected chi connectivity index (χ3v) is 2.83. The largest absolute Gasteiger partial charge is 0.497 e. The van der Waals surface area contributed by atoms with E-state index in [1.165, 1.54) is 0 Å². The molecule has 2 atom stereocenters. The standard InChI is InChI=1S/C14H23NO3/c1-10(7-11(2)16)15-9-12-5-6-13(17-3)8-14(12)18-4/h5-6,8,10-11,15-16H,7,9H2,1-4H3. The van der Waals surface area contributed by atoms with Gasteiger partial charge in [0, 0.05) is 24.2 Å². The summed E-state index contributed by atoms with van der Waals surface area (Å²) in [6.07, 6.45) is 0.448. The van der Waals surface area contributed by atoms with Crippen LogP contribution in [0.2, 0.25) is 0 Å². The highest BCUT2D eigenvalue weighted by molar-refractivity contribution is 5.40. The summed E-state index contributed by atoms with van der Waals surface area (Å²) in [5.74, 6) is 1.60. The Morgan fingerprint density at radius 2 is 1.94 bits per heavy atom.